The van der Waals surface area contributed by atoms with Crippen molar-refractivity contribution in [3.63, 3.8) is 0 Å². The maximum absolute atomic E-state index is 12.9. The van der Waals surface area contributed by atoms with Crippen molar-refractivity contribution < 1.29 is 13.2 Å². The van der Waals surface area contributed by atoms with Gasteiger partial charge in [-0.2, -0.15) is 4.31 Å². The average molecular weight is 456 g/mol. The van der Waals surface area contributed by atoms with Crippen molar-refractivity contribution in [3.05, 3.63) is 40.2 Å². The molecule has 1 fully saturated rings. The molecule has 148 valence electrons. The Morgan fingerprint density at radius 1 is 1.32 bits per heavy atom. The molecule has 0 bridgehead atoms. The average Bonchev–Trinajstić information content (AvgIpc) is 3.39. The fourth-order valence-corrected chi connectivity index (χ4v) is 7.56. The van der Waals surface area contributed by atoms with E-state index in [0.29, 0.717) is 28.9 Å². The molecule has 10 heteroatoms. The molecule has 6 nitrogen and oxygen atoms in total. The highest BCUT2D eigenvalue weighted by Gasteiger charge is 2.40. The van der Waals surface area contributed by atoms with Gasteiger partial charge in [0.2, 0.25) is 5.91 Å². The molecule has 1 saturated heterocycles. The van der Waals surface area contributed by atoms with Crippen LogP contribution in [0.1, 0.15) is 25.3 Å². The van der Waals surface area contributed by atoms with Crippen LogP contribution in [-0.2, 0) is 21.2 Å². The molecule has 1 atom stereocenters. The van der Waals surface area contributed by atoms with E-state index in [2.05, 4.69) is 17.2 Å². The molecular formula is C18H18ClN3O3S3. The maximum Gasteiger partial charge on any atom is 0.253 e. The molecule has 1 aliphatic rings. The summed E-state index contributed by atoms with van der Waals surface area (Å²) in [6.45, 7) is 2.38. The van der Waals surface area contributed by atoms with Crippen LogP contribution < -0.4 is 5.32 Å². The van der Waals surface area contributed by atoms with E-state index in [1.165, 1.54) is 21.7 Å². The number of rotatable bonds is 5. The van der Waals surface area contributed by atoms with E-state index in [-0.39, 0.29) is 10.1 Å². The number of benzene rings is 1. The third-order valence-corrected chi connectivity index (χ3v) is 9.27. The Bertz CT molecular complexity index is 1140. The van der Waals surface area contributed by atoms with Gasteiger partial charge in [0.25, 0.3) is 10.0 Å². The van der Waals surface area contributed by atoms with Crippen molar-refractivity contribution in [1.29, 1.82) is 0 Å². The molecule has 1 aliphatic heterocycles. The molecule has 0 spiro atoms. The van der Waals surface area contributed by atoms with E-state index < -0.39 is 16.1 Å². The lowest BCUT2D eigenvalue weighted by Gasteiger charge is -2.22. The number of thiophene rings is 1. The van der Waals surface area contributed by atoms with E-state index in [1.54, 1.807) is 6.07 Å². The summed E-state index contributed by atoms with van der Waals surface area (Å²) in [6.07, 6.45) is 1.97. The lowest BCUT2D eigenvalue weighted by Crippen LogP contribution is -2.42. The van der Waals surface area contributed by atoms with Crippen LogP contribution in [0.5, 0.6) is 0 Å². The van der Waals surface area contributed by atoms with Crippen LogP contribution in [0.15, 0.2) is 34.5 Å². The number of hydrogen-bond acceptors (Lipinski definition) is 6. The van der Waals surface area contributed by atoms with Crippen molar-refractivity contribution in [2.75, 3.05) is 11.9 Å². The van der Waals surface area contributed by atoms with Gasteiger partial charge >= 0.3 is 0 Å². The van der Waals surface area contributed by atoms with E-state index in [9.17, 15) is 13.2 Å². The number of thiazole rings is 1. The summed E-state index contributed by atoms with van der Waals surface area (Å²) in [4.78, 5) is 17.4. The van der Waals surface area contributed by atoms with Gasteiger partial charge in [0.15, 0.2) is 5.13 Å². The van der Waals surface area contributed by atoms with Crippen molar-refractivity contribution in [3.8, 4) is 0 Å². The molecule has 0 aliphatic carbocycles. The lowest BCUT2D eigenvalue weighted by molar-refractivity contribution is -0.119. The summed E-state index contributed by atoms with van der Waals surface area (Å²) in [5.41, 5.74) is 2.00. The quantitative estimate of drug-likeness (QED) is 0.619. The molecule has 1 unspecified atom stereocenters. The van der Waals surface area contributed by atoms with Crippen LogP contribution in [-0.4, -0.2) is 36.2 Å². The SMILES string of the molecule is CCc1cccc2sc(NC(=O)C3CCCN3S(=O)(=O)c3ccc(Cl)s3)nc12. The van der Waals surface area contributed by atoms with E-state index in [1.807, 2.05) is 18.2 Å². The van der Waals surface area contributed by atoms with Crippen molar-refractivity contribution >= 4 is 65.6 Å². The number of sulfonamides is 1. The first kappa shape index (κ1) is 19.8. The number of aromatic nitrogens is 1. The molecule has 1 amide bonds. The summed E-state index contributed by atoms with van der Waals surface area (Å²) < 4.78 is 28.7. The van der Waals surface area contributed by atoms with Gasteiger partial charge < -0.3 is 5.32 Å². The Morgan fingerprint density at radius 2 is 2.14 bits per heavy atom. The van der Waals surface area contributed by atoms with Crippen molar-refractivity contribution in [2.45, 2.75) is 36.4 Å². The Morgan fingerprint density at radius 3 is 2.86 bits per heavy atom. The summed E-state index contributed by atoms with van der Waals surface area (Å²) >= 11 is 8.29. The van der Waals surface area contributed by atoms with Crippen LogP contribution in [0.3, 0.4) is 0 Å². The third kappa shape index (κ3) is 3.57. The first-order valence-electron chi connectivity index (χ1n) is 8.86. The highest BCUT2D eigenvalue weighted by molar-refractivity contribution is 7.91. The molecule has 1 aromatic carbocycles. The highest BCUT2D eigenvalue weighted by Crippen LogP contribution is 2.33. The second kappa shape index (κ2) is 7.72. The Balaban J connectivity index is 1.57. The topological polar surface area (TPSA) is 79.4 Å². The first-order valence-corrected chi connectivity index (χ1v) is 12.3. The number of aryl methyl sites for hydroxylation is 1. The third-order valence-electron chi connectivity index (χ3n) is 4.73. The Kier molecular flexibility index (Phi) is 5.45. The molecule has 3 aromatic rings. The standard InChI is InChI=1S/C18H18ClN3O3S3/c1-2-11-5-3-7-13-16(11)20-18(26-13)21-17(23)12-6-4-10-22(12)28(24,25)15-9-8-14(19)27-15/h3,5,7-9,12H,2,4,6,10H2,1H3,(H,20,21,23). The highest BCUT2D eigenvalue weighted by atomic mass is 35.5. The van der Waals surface area contributed by atoms with Crippen molar-refractivity contribution in [1.82, 2.24) is 9.29 Å². The smallest absolute Gasteiger partial charge is 0.253 e. The molecule has 0 radical (unpaired) electrons. The van der Waals surface area contributed by atoms with Gasteiger partial charge in [-0.05, 0) is 43.0 Å². The molecular weight excluding hydrogens is 438 g/mol. The number of hydrogen-bond donors (Lipinski definition) is 1. The van der Waals surface area contributed by atoms with Gasteiger partial charge in [0.1, 0.15) is 10.3 Å². The van der Waals surface area contributed by atoms with Crippen molar-refractivity contribution in [2.24, 2.45) is 0 Å². The fourth-order valence-electron chi connectivity index (χ4n) is 3.37. The van der Waals surface area contributed by atoms with Gasteiger partial charge in [-0.15, -0.1) is 11.3 Å². The Hall–Kier alpha value is -1.52. The predicted octanol–water partition coefficient (Wildman–Crippen LogP) is 4.37. The summed E-state index contributed by atoms with van der Waals surface area (Å²) in [5.74, 6) is -0.346. The molecule has 4 rings (SSSR count). The van der Waals surface area contributed by atoms with Crippen LogP contribution in [0.2, 0.25) is 4.34 Å². The zero-order chi connectivity index (χ0) is 19.9. The van der Waals surface area contributed by atoms with E-state index in [0.717, 1.165) is 33.5 Å². The Labute approximate surface area is 176 Å². The molecule has 2 aromatic heterocycles. The van der Waals surface area contributed by atoms with Gasteiger partial charge in [0.05, 0.1) is 14.6 Å². The largest absolute Gasteiger partial charge is 0.301 e. The van der Waals surface area contributed by atoms with Crippen LogP contribution in [0.4, 0.5) is 5.13 Å². The molecule has 3 heterocycles. The number of carbonyl (C=O) groups is 1. The van der Waals surface area contributed by atoms with Gasteiger partial charge in [0, 0.05) is 6.54 Å². The number of carbonyl (C=O) groups excluding carboxylic acids is 1. The normalized spacial score (nSPS) is 18.0. The maximum atomic E-state index is 12.9. The number of nitrogens with zero attached hydrogens (tertiary/aromatic N) is 2. The minimum atomic E-state index is -3.75. The second-order valence-electron chi connectivity index (χ2n) is 6.46. The number of para-hydroxylation sites is 1. The lowest BCUT2D eigenvalue weighted by atomic mass is 10.1. The number of anilines is 1. The number of amides is 1. The number of fused-ring (bicyclic) bond motifs is 1. The van der Waals surface area contributed by atoms with Crippen LogP contribution in [0.25, 0.3) is 10.2 Å². The minimum Gasteiger partial charge on any atom is -0.301 e. The fraction of sp³-hybridized carbons (Fsp3) is 0.333. The zero-order valence-corrected chi connectivity index (χ0v) is 18.2. The molecule has 1 N–H and O–H groups in total. The zero-order valence-electron chi connectivity index (χ0n) is 15.0. The molecule has 28 heavy (non-hydrogen) atoms. The summed E-state index contributed by atoms with van der Waals surface area (Å²) in [6, 6.07) is 8.25. The number of halogens is 1. The number of nitrogens with one attached hydrogen (secondary N) is 1. The first-order chi connectivity index (χ1) is 13.4. The van der Waals surface area contributed by atoms with Gasteiger partial charge in [-0.3, -0.25) is 4.79 Å². The van der Waals surface area contributed by atoms with Gasteiger partial charge in [-0.25, -0.2) is 13.4 Å². The van der Waals surface area contributed by atoms with Gasteiger partial charge in [-0.1, -0.05) is 42.0 Å². The van der Waals surface area contributed by atoms with Crippen LogP contribution in [0, 0.1) is 0 Å². The predicted molar refractivity (Wildman–Crippen MR) is 114 cm³/mol. The summed E-state index contributed by atoms with van der Waals surface area (Å²) in [5, 5.41) is 3.31. The van der Waals surface area contributed by atoms with E-state index in [4.69, 9.17) is 11.6 Å². The van der Waals surface area contributed by atoms with E-state index >= 15 is 0 Å². The monoisotopic (exact) mass is 455 g/mol. The summed E-state index contributed by atoms with van der Waals surface area (Å²) in [7, 11) is -3.75. The molecule has 0 saturated carbocycles. The minimum absolute atomic E-state index is 0.157. The van der Waals surface area contributed by atoms with Crippen LogP contribution >= 0.6 is 34.3 Å². The second-order valence-corrected chi connectivity index (χ2v) is 11.3.